The lowest BCUT2D eigenvalue weighted by Gasteiger charge is -2.22. The maximum absolute atomic E-state index is 12.0. The van der Waals surface area contributed by atoms with Gasteiger partial charge in [-0.2, -0.15) is 0 Å². The van der Waals surface area contributed by atoms with Crippen LogP contribution in [-0.4, -0.2) is 33.7 Å². The molecule has 6 heteroatoms. The van der Waals surface area contributed by atoms with Crippen molar-refractivity contribution >= 4 is 21.6 Å². The summed E-state index contributed by atoms with van der Waals surface area (Å²) in [4.78, 5) is 12.0. The van der Waals surface area contributed by atoms with Crippen LogP contribution >= 0.6 is 0 Å². The summed E-state index contributed by atoms with van der Waals surface area (Å²) >= 11 is 0. The zero-order chi connectivity index (χ0) is 18.7. The fourth-order valence-electron chi connectivity index (χ4n) is 2.75. The second-order valence-corrected chi connectivity index (χ2v) is 8.40. The third-order valence-electron chi connectivity index (χ3n) is 4.34. The van der Waals surface area contributed by atoms with Gasteiger partial charge in [0.25, 0.3) is 0 Å². The molecule has 0 aliphatic rings. The van der Waals surface area contributed by atoms with Crippen molar-refractivity contribution in [1.29, 1.82) is 0 Å². The van der Waals surface area contributed by atoms with Crippen LogP contribution in [0.3, 0.4) is 0 Å². The molecule has 0 aromatic heterocycles. The van der Waals surface area contributed by atoms with Gasteiger partial charge in [-0.05, 0) is 30.9 Å². The molecule has 1 atom stereocenters. The number of anilines is 1. The van der Waals surface area contributed by atoms with Crippen molar-refractivity contribution in [2.24, 2.45) is 5.92 Å². The number of nitrogens with one attached hydrogen (secondary N) is 1. The standard InChI is InChI=1S/C19H32N2O3S/c1-4-6-11-17(5-2)16-20-19(22)14-10-15-21(25(3,23)24)18-12-8-7-9-13-18/h7-9,12-13,17H,4-6,10-11,14-16H2,1-3H3,(H,20,22)/t17-/m1/s1. The lowest BCUT2D eigenvalue weighted by Crippen LogP contribution is -2.33. The fraction of sp³-hybridized carbons (Fsp3) is 0.632. The average Bonchev–Trinajstić information content (AvgIpc) is 2.58. The van der Waals surface area contributed by atoms with Crippen LogP contribution in [-0.2, 0) is 14.8 Å². The maximum atomic E-state index is 12.0. The number of para-hydroxylation sites is 1. The molecule has 0 radical (unpaired) electrons. The summed E-state index contributed by atoms with van der Waals surface area (Å²) in [6.07, 6.45) is 6.60. The minimum Gasteiger partial charge on any atom is -0.356 e. The molecule has 0 saturated carbocycles. The SMILES string of the molecule is CCCC[C@@H](CC)CNC(=O)CCCN(c1ccccc1)S(C)(=O)=O. The molecule has 0 bridgehead atoms. The van der Waals surface area contributed by atoms with Gasteiger partial charge in [-0.25, -0.2) is 8.42 Å². The number of nitrogens with zero attached hydrogens (tertiary/aromatic N) is 1. The average molecular weight is 369 g/mol. The van der Waals surface area contributed by atoms with E-state index in [1.165, 1.54) is 23.4 Å². The van der Waals surface area contributed by atoms with Gasteiger partial charge in [-0.1, -0.05) is 51.3 Å². The summed E-state index contributed by atoms with van der Waals surface area (Å²) in [6.45, 7) is 5.34. The van der Waals surface area contributed by atoms with E-state index in [9.17, 15) is 13.2 Å². The Morgan fingerprint density at radius 3 is 2.40 bits per heavy atom. The molecule has 0 aliphatic carbocycles. The summed E-state index contributed by atoms with van der Waals surface area (Å²) in [7, 11) is -3.35. The topological polar surface area (TPSA) is 66.5 Å². The molecule has 5 nitrogen and oxygen atoms in total. The zero-order valence-corrected chi connectivity index (χ0v) is 16.5. The van der Waals surface area contributed by atoms with Crippen LogP contribution in [0.1, 0.15) is 52.4 Å². The van der Waals surface area contributed by atoms with Crippen molar-refractivity contribution < 1.29 is 13.2 Å². The zero-order valence-electron chi connectivity index (χ0n) is 15.7. The molecule has 0 aliphatic heterocycles. The molecule has 142 valence electrons. The third kappa shape index (κ3) is 8.38. The first-order valence-electron chi connectivity index (χ1n) is 9.17. The summed E-state index contributed by atoms with van der Waals surface area (Å²) in [5, 5.41) is 2.99. The molecule has 0 spiro atoms. The molecule has 1 rings (SSSR count). The minimum absolute atomic E-state index is 0.00328. The van der Waals surface area contributed by atoms with Crippen molar-refractivity contribution in [3.05, 3.63) is 30.3 Å². The Morgan fingerprint density at radius 1 is 1.16 bits per heavy atom. The van der Waals surface area contributed by atoms with Gasteiger partial charge in [0.05, 0.1) is 11.9 Å². The van der Waals surface area contributed by atoms with E-state index in [0.29, 0.717) is 37.5 Å². The van der Waals surface area contributed by atoms with Gasteiger partial charge in [0.1, 0.15) is 0 Å². The van der Waals surface area contributed by atoms with Gasteiger partial charge in [-0.15, -0.1) is 0 Å². The Balaban J connectivity index is 2.44. The second kappa shape index (κ2) is 11.1. The second-order valence-electron chi connectivity index (χ2n) is 6.49. The van der Waals surface area contributed by atoms with E-state index < -0.39 is 10.0 Å². The molecular formula is C19H32N2O3S. The van der Waals surface area contributed by atoms with Crippen molar-refractivity contribution in [3.8, 4) is 0 Å². The highest BCUT2D eigenvalue weighted by Crippen LogP contribution is 2.17. The van der Waals surface area contributed by atoms with Crippen LogP contribution in [0, 0.1) is 5.92 Å². The molecule has 0 saturated heterocycles. The number of hydrogen-bond acceptors (Lipinski definition) is 3. The highest BCUT2D eigenvalue weighted by molar-refractivity contribution is 7.92. The van der Waals surface area contributed by atoms with E-state index in [1.807, 2.05) is 6.07 Å². The molecule has 1 N–H and O–H groups in total. The van der Waals surface area contributed by atoms with Crippen LogP contribution < -0.4 is 9.62 Å². The van der Waals surface area contributed by atoms with E-state index in [2.05, 4.69) is 19.2 Å². The molecule has 0 heterocycles. The van der Waals surface area contributed by atoms with E-state index in [0.717, 1.165) is 12.8 Å². The van der Waals surface area contributed by atoms with Crippen molar-refractivity contribution in [3.63, 3.8) is 0 Å². The van der Waals surface area contributed by atoms with Crippen molar-refractivity contribution in [2.75, 3.05) is 23.7 Å². The number of amides is 1. The first kappa shape index (κ1) is 21.5. The highest BCUT2D eigenvalue weighted by Gasteiger charge is 2.17. The summed E-state index contributed by atoms with van der Waals surface area (Å²) in [5.41, 5.74) is 0.635. The number of hydrogen-bond donors (Lipinski definition) is 1. The van der Waals surface area contributed by atoms with E-state index >= 15 is 0 Å². The quantitative estimate of drug-likeness (QED) is 0.613. The maximum Gasteiger partial charge on any atom is 0.232 e. The van der Waals surface area contributed by atoms with Crippen molar-refractivity contribution in [2.45, 2.75) is 52.4 Å². The van der Waals surface area contributed by atoms with Crippen LogP contribution in [0.2, 0.25) is 0 Å². The number of carbonyl (C=O) groups excluding carboxylic acids is 1. The molecule has 0 unspecified atom stereocenters. The first-order chi connectivity index (χ1) is 11.9. The van der Waals surface area contributed by atoms with Gasteiger partial charge < -0.3 is 5.32 Å². The Morgan fingerprint density at radius 2 is 1.84 bits per heavy atom. The highest BCUT2D eigenvalue weighted by atomic mass is 32.2. The molecule has 25 heavy (non-hydrogen) atoms. The van der Waals surface area contributed by atoms with Gasteiger partial charge in [-0.3, -0.25) is 9.10 Å². The third-order valence-corrected chi connectivity index (χ3v) is 5.53. The molecule has 0 fully saturated rings. The Bertz CT molecular complexity index is 602. The minimum atomic E-state index is -3.35. The number of carbonyl (C=O) groups is 1. The van der Waals surface area contributed by atoms with Crippen molar-refractivity contribution in [1.82, 2.24) is 5.32 Å². The largest absolute Gasteiger partial charge is 0.356 e. The smallest absolute Gasteiger partial charge is 0.232 e. The first-order valence-corrected chi connectivity index (χ1v) is 11.0. The number of unbranched alkanes of at least 4 members (excludes halogenated alkanes) is 1. The number of benzene rings is 1. The van der Waals surface area contributed by atoms with Gasteiger partial charge >= 0.3 is 0 Å². The van der Waals surface area contributed by atoms with E-state index in [-0.39, 0.29) is 5.91 Å². The van der Waals surface area contributed by atoms with Gasteiger partial charge in [0, 0.05) is 19.5 Å². The lowest BCUT2D eigenvalue weighted by molar-refractivity contribution is -0.121. The number of rotatable bonds is 12. The van der Waals surface area contributed by atoms with Crippen LogP contribution in [0.25, 0.3) is 0 Å². The molecular weight excluding hydrogens is 336 g/mol. The van der Waals surface area contributed by atoms with Gasteiger partial charge in [0.15, 0.2) is 0 Å². The van der Waals surface area contributed by atoms with E-state index in [4.69, 9.17) is 0 Å². The Kier molecular flexibility index (Phi) is 9.57. The summed E-state index contributed by atoms with van der Waals surface area (Å²) in [5.74, 6) is 0.525. The van der Waals surface area contributed by atoms with Crippen LogP contribution in [0.15, 0.2) is 30.3 Å². The fourth-order valence-corrected chi connectivity index (χ4v) is 3.72. The lowest BCUT2D eigenvalue weighted by atomic mass is 9.99. The Labute approximate surface area is 152 Å². The van der Waals surface area contributed by atoms with Crippen LogP contribution in [0.5, 0.6) is 0 Å². The summed E-state index contributed by atoms with van der Waals surface area (Å²) in [6, 6.07) is 8.99. The molecule has 1 amide bonds. The monoisotopic (exact) mass is 368 g/mol. The Hall–Kier alpha value is -1.56. The normalized spacial score (nSPS) is 12.6. The molecule has 1 aromatic carbocycles. The van der Waals surface area contributed by atoms with Crippen LogP contribution in [0.4, 0.5) is 5.69 Å². The molecule has 1 aromatic rings. The summed E-state index contributed by atoms with van der Waals surface area (Å²) < 4.78 is 25.3. The predicted octanol–water partition coefficient (Wildman–Crippen LogP) is 3.57. The van der Waals surface area contributed by atoms with E-state index in [1.54, 1.807) is 24.3 Å². The predicted molar refractivity (Wildman–Crippen MR) is 104 cm³/mol. The number of sulfonamides is 1. The van der Waals surface area contributed by atoms with Gasteiger partial charge in [0.2, 0.25) is 15.9 Å².